The Morgan fingerprint density at radius 2 is 2.18 bits per heavy atom. The van der Waals surface area contributed by atoms with Crippen LogP contribution in [0.5, 0.6) is 0 Å². The van der Waals surface area contributed by atoms with Gasteiger partial charge < -0.3 is 5.32 Å². The molecule has 11 heavy (non-hydrogen) atoms. The number of nitrogens with one attached hydrogen (secondary N) is 1. The van der Waals surface area contributed by atoms with Crippen LogP contribution >= 0.6 is 0 Å². The Morgan fingerprint density at radius 1 is 1.45 bits per heavy atom. The molecular formula is C10H17N. The minimum atomic E-state index is 0.680. The molecule has 0 spiro atoms. The molecule has 0 aromatic carbocycles. The number of rotatable bonds is 2. The monoisotopic (exact) mass is 151 g/mol. The molecule has 0 radical (unpaired) electrons. The second kappa shape index (κ2) is 4.41. The van der Waals surface area contributed by atoms with Crippen LogP contribution in [0.15, 0.2) is 0 Å². The fourth-order valence-corrected chi connectivity index (χ4v) is 1.81. The summed E-state index contributed by atoms with van der Waals surface area (Å²) in [5, 5.41) is 3.38. The highest BCUT2D eigenvalue weighted by Gasteiger charge is 2.19. The highest BCUT2D eigenvalue weighted by Crippen LogP contribution is 2.23. The third-order valence-electron chi connectivity index (χ3n) is 2.58. The van der Waals surface area contributed by atoms with Crippen molar-refractivity contribution in [2.24, 2.45) is 5.92 Å². The Balaban J connectivity index is 2.25. The third-order valence-corrected chi connectivity index (χ3v) is 2.58. The van der Waals surface area contributed by atoms with Crippen molar-refractivity contribution in [1.82, 2.24) is 5.32 Å². The second-order valence-electron chi connectivity index (χ2n) is 3.45. The van der Waals surface area contributed by atoms with Crippen molar-refractivity contribution in [2.75, 3.05) is 6.54 Å². The van der Waals surface area contributed by atoms with Crippen molar-refractivity contribution in [2.45, 2.75) is 38.6 Å². The van der Waals surface area contributed by atoms with Gasteiger partial charge in [0.05, 0.1) is 6.54 Å². The molecular weight excluding hydrogens is 134 g/mol. The molecule has 1 rings (SSSR count). The molecule has 1 heteroatoms. The molecule has 0 aromatic heterocycles. The molecule has 1 saturated carbocycles. The fraction of sp³-hybridized carbons (Fsp3) is 0.800. The maximum Gasteiger partial charge on any atom is 0.0576 e. The molecule has 1 nitrogen and oxygen atoms in total. The summed E-state index contributed by atoms with van der Waals surface area (Å²) >= 11 is 0. The fourth-order valence-electron chi connectivity index (χ4n) is 1.81. The minimum absolute atomic E-state index is 0.680. The van der Waals surface area contributed by atoms with Crippen molar-refractivity contribution >= 4 is 0 Å². The van der Waals surface area contributed by atoms with E-state index in [0.717, 1.165) is 12.5 Å². The SMILES string of the molecule is C#CCNC1CCCCC1C. The topological polar surface area (TPSA) is 12.0 Å². The normalized spacial score (nSPS) is 31.3. The van der Waals surface area contributed by atoms with Gasteiger partial charge in [0.25, 0.3) is 0 Å². The van der Waals surface area contributed by atoms with Gasteiger partial charge in [-0.2, -0.15) is 0 Å². The van der Waals surface area contributed by atoms with E-state index in [-0.39, 0.29) is 0 Å². The lowest BCUT2D eigenvalue weighted by Crippen LogP contribution is -2.37. The van der Waals surface area contributed by atoms with E-state index in [9.17, 15) is 0 Å². The van der Waals surface area contributed by atoms with Crippen molar-refractivity contribution in [3.05, 3.63) is 0 Å². The zero-order chi connectivity index (χ0) is 8.10. The highest BCUT2D eigenvalue weighted by molar-refractivity contribution is 4.89. The zero-order valence-electron chi connectivity index (χ0n) is 7.27. The van der Waals surface area contributed by atoms with Gasteiger partial charge in [-0.15, -0.1) is 6.42 Å². The molecule has 1 aliphatic carbocycles. The van der Waals surface area contributed by atoms with E-state index in [1.807, 2.05) is 0 Å². The van der Waals surface area contributed by atoms with Crippen LogP contribution in [0.3, 0.4) is 0 Å². The van der Waals surface area contributed by atoms with Gasteiger partial charge in [0.2, 0.25) is 0 Å². The summed E-state index contributed by atoms with van der Waals surface area (Å²) in [5.41, 5.74) is 0. The predicted molar refractivity (Wildman–Crippen MR) is 48.3 cm³/mol. The van der Waals surface area contributed by atoms with Gasteiger partial charge in [-0.1, -0.05) is 25.7 Å². The molecule has 0 heterocycles. The van der Waals surface area contributed by atoms with E-state index in [1.54, 1.807) is 0 Å². The molecule has 62 valence electrons. The van der Waals surface area contributed by atoms with Gasteiger partial charge in [-0.25, -0.2) is 0 Å². The summed E-state index contributed by atoms with van der Waals surface area (Å²) in [6, 6.07) is 0.680. The number of terminal acetylenes is 1. The van der Waals surface area contributed by atoms with Gasteiger partial charge in [-0.3, -0.25) is 0 Å². The highest BCUT2D eigenvalue weighted by atomic mass is 14.9. The van der Waals surface area contributed by atoms with Crippen molar-refractivity contribution in [3.63, 3.8) is 0 Å². The average Bonchev–Trinajstić information content (AvgIpc) is 2.03. The van der Waals surface area contributed by atoms with E-state index in [0.29, 0.717) is 6.04 Å². The molecule has 2 unspecified atom stereocenters. The Morgan fingerprint density at radius 3 is 2.82 bits per heavy atom. The standard InChI is InChI=1S/C10H17N/c1-3-8-11-10-7-5-4-6-9(10)2/h1,9-11H,4-8H2,2H3. The van der Waals surface area contributed by atoms with Gasteiger partial charge in [-0.05, 0) is 18.8 Å². The molecule has 2 atom stereocenters. The molecule has 0 amide bonds. The molecule has 1 aliphatic rings. The van der Waals surface area contributed by atoms with E-state index in [2.05, 4.69) is 18.2 Å². The van der Waals surface area contributed by atoms with E-state index >= 15 is 0 Å². The summed E-state index contributed by atoms with van der Waals surface area (Å²) in [6.07, 6.45) is 10.6. The first kappa shape index (κ1) is 8.62. The van der Waals surface area contributed by atoms with Crippen LogP contribution < -0.4 is 5.32 Å². The average molecular weight is 151 g/mol. The molecule has 1 N–H and O–H groups in total. The predicted octanol–water partition coefficient (Wildman–Crippen LogP) is 1.79. The Bertz CT molecular complexity index is 145. The lowest BCUT2D eigenvalue weighted by molar-refractivity contribution is 0.289. The van der Waals surface area contributed by atoms with Crippen LogP contribution in [0.25, 0.3) is 0 Å². The Hall–Kier alpha value is -0.480. The Kier molecular flexibility index (Phi) is 3.45. The maximum atomic E-state index is 5.18. The lowest BCUT2D eigenvalue weighted by atomic mass is 9.86. The summed E-state index contributed by atoms with van der Waals surface area (Å²) < 4.78 is 0. The largest absolute Gasteiger partial charge is 0.303 e. The van der Waals surface area contributed by atoms with Crippen LogP contribution in [0.4, 0.5) is 0 Å². The minimum Gasteiger partial charge on any atom is -0.303 e. The van der Waals surface area contributed by atoms with Crippen LogP contribution in [0.2, 0.25) is 0 Å². The maximum absolute atomic E-state index is 5.18. The van der Waals surface area contributed by atoms with Gasteiger partial charge >= 0.3 is 0 Å². The summed E-state index contributed by atoms with van der Waals surface area (Å²) in [4.78, 5) is 0. The van der Waals surface area contributed by atoms with Crippen LogP contribution in [-0.4, -0.2) is 12.6 Å². The summed E-state index contributed by atoms with van der Waals surface area (Å²) in [6.45, 7) is 3.04. The quantitative estimate of drug-likeness (QED) is 0.593. The van der Waals surface area contributed by atoms with Crippen LogP contribution in [0, 0.1) is 18.3 Å². The van der Waals surface area contributed by atoms with Gasteiger partial charge in [0.1, 0.15) is 0 Å². The van der Waals surface area contributed by atoms with Crippen molar-refractivity contribution < 1.29 is 0 Å². The first-order chi connectivity index (χ1) is 5.34. The smallest absolute Gasteiger partial charge is 0.0576 e. The lowest BCUT2D eigenvalue weighted by Gasteiger charge is -2.28. The van der Waals surface area contributed by atoms with E-state index in [4.69, 9.17) is 6.42 Å². The van der Waals surface area contributed by atoms with E-state index < -0.39 is 0 Å². The number of hydrogen-bond donors (Lipinski definition) is 1. The molecule has 0 aromatic rings. The molecule has 1 fully saturated rings. The third kappa shape index (κ3) is 2.55. The second-order valence-corrected chi connectivity index (χ2v) is 3.45. The summed E-state index contributed by atoms with van der Waals surface area (Å²) in [5.74, 6) is 3.44. The number of hydrogen-bond acceptors (Lipinski definition) is 1. The molecule has 0 aliphatic heterocycles. The van der Waals surface area contributed by atoms with Gasteiger partial charge in [0, 0.05) is 6.04 Å². The first-order valence-electron chi connectivity index (χ1n) is 4.51. The van der Waals surface area contributed by atoms with Gasteiger partial charge in [0.15, 0.2) is 0 Å². The molecule has 0 bridgehead atoms. The Labute approximate surface area is 69.6 Å². The first-order valence-corrected chi connectivity index (χ1v) is 4.51. The summed E-state index contributed by atoms with van der Waals surface area (Å²) in [7, 11) is 0. The van der Waals surface area contributed by atoms with Crippen molar-refractivity contribution in [3.8, 4) is 12.3 Å². The van der Waals surface area contributed by atoms with E-state index in [1.165, 1.54) is 25.7 Å². The van der Waals surface area contributed by atoms with Crippen LogP contribution in [0.1, 0.15) is 32.6 Å². The zero-order valence-corrected chi connectivity index (χ0v) is 7.27. The van der Waals surface area contributed by atoms with Crippen LogP contribution in [-0.2, 0) is 0 Å². The molecule has 0 saturated heterocycles. The van der Waals surface area contributed by atoms with Crippen molar-refractivity contribution in [1.29, 1.82) is 0 Å².